The summed E-state index contributed by atoms with van der Waals surface area (Å²) in [5, 5.41) is 23.5. The zero-order chi connectivity index (χ0) is 29.1. The van der Waals surface area contributed by atoms with Crippen molar-refractivity contribution >= 4 is 23.1 Å². The summed E-state index contributed by atoms with van der Waals surface area (Å²) in [6.07, 6.45) is 23.9. The average Bonchev–Trinajstić information content (AvgIpc) is 3.57. The van der Waals surface area contributed by atoms with Crippen LogP contribution in [0.1, 0.15) is 44.1 Å². The van der Waals surface area contributed by atoms with Gasteiger partial charge in [-0.15, -0.1) is 0 Å². The largest absolute Gasteiger partial charge is 0.337 e. The maximum atomic E-state index is 9.86. The van der Waals surface area contributed by atoms with Crippen LogP contribution in [0, 0.1) is 34.5 Å². The third-order valence-electron chi connectivity index (χ3n) is 9.62. The lowest BCUT2D eigenvalue weighted by atomic mass is 9.82. The Morgan fingerprint density at radius 2 is 1.81 bits per heavy atom. The first kappa shape index (κ1) is 25.6. The van der Waals surface area contributed by atoms with E-state index in [2.05, 4.69) is 126 Å². The molecule has 2 heterocycles. The number of nitrogens with zero attached hydrogens (tertiary/aromatic N) is 4. The third kappa shape index (κ3) is 4.02. The maximum absolute atomic E-state index is 9.86. The molecule has 0 saturated carbocycles. The highest BCUT2D eigenvalue weighted by atomic mass is 15.2. The van der Waals surface area contributed by atoms with Crippen LogP contribution in [0.4, 0.5) is 0 Å². The van der Waals surface area contributed by atoms with Crippen LogP contribution in [-0.2, 0) is 0 Å². The molecule has 0 amide bonds. The number of fused-ring (bicyclic) bond motifs is 5. The summed E-state index contributed by atoms with van der Waals surface area (Å²) in [4.78, 5) is 2.48. The standard InChI is InChI=1S/C39H32N4/c1-25-18-27(24-41)20-30(19-25)43-38-17-16-26(23-40)21-35(38)34-13-7-12-31(39(34)43)28-8-6-9-29(22-28)42-36-14-4-2-10-32(36)33-11-3-5-15-37(33)42/h2,4,6-11,13-17,19-22,25,31,35,38H,3,5,12,18H2,1H3. The summed E-state index contributed by atoms with van der Waals surface area (Å²) < 4.78 is 2.43. The second-order valence-corrected chi connectivity index (χ2v) is 12.3. The lowest BCUT2D eigenvalue weighted by molar-refractivity contribution is 0.349. The van der Waals surface area contributed by atoms with Crippen LogP contribution < -0.4 is 10.6 Å². The van der Waals surface area contributed by atoms with E-state index >= 15 is 0 Å². The summed E-state index contributed by atoms with van der Waals surface area (Å²) in [5.41, 5.74) is 8.92. The van der Waals surface area contributed by atoms with E-state index in [4.69, 9.17) is 0 Å². The van der Waals surface area contributed by atoms with Crippen molar-refractivity contribution in [3.8, 4) is 17.8 Å². The fourth-order valence-electron chi connectivity index (χ4n) is 7.87. The van der Waals surface area contributed by atoms with E-state index in [9.17, 15) is 10.5 Å². The zero-order valence-electron chi connectivity index (χ0n) is 24.2. The van der Waals surface area contributed by atoms with Crippen molar-refractivity contribution in [3.05, 3.63) is 135 Å². The van der Waals surface area contributed by atoms with Crippen molar-refractivity contribution in [2.45, 2.75) is 44.6 Å². The molecule has 5 aliphatic rings. The second-order valence-electron chi connectivity index (χ2n) is 12.3. The maximum Gasteiger partial charge on any atom is 0.0988 e. The van der Waals surface area contributed by atoms with Crippen molar-refractivity contribution in [2.75, 3.05) is 0 Å². The highest BCUT2D eigenvalue weighted by Gasteiger charge is 2.44. The predicted octanol–water partition coefficient (Wildman–Crippen LogP) is 6.98. The van der Waals surface area contributed by atoms with Gasteiger partial charge < -0.3 is 9.47 Å². The average molecular weight is 557 g/mol. The minimum absolute atomic E-state index is 0.0776. The van der Waals surface area contributed by atoms with Gasteiger partial charge in [0.2, 0.25) is 0 Å². The highest BCUT2D eigenvalue weighted by Crippen LogP contribution is 2.51. The van der Waals surface area contributed by atoms with E-state index < -0.39 is 0 Å². The number of hydrogen-bond donors (Lipinski definition) is 0. The zero-order valence-corrected chi connectivity index (χ0v) is 24.2. The Kier molecular flexibility index (Phi) is 5.99. The van der Waals surface area contributed by atoms with Crippen LogP contribution in [0.25, 0.3) is 28.7 Å². The van der Waals surface area contributed by atoms with Gasteiger partial charge in [-0.1, -0.05) is 79.8 Å². The predicted molar refractivity (Wildman–Crippen MR) is 172 cm³/mol. The monoisotopic (exact) mass is 556 g/mol. The molecule has 4 aliphatic carbocycles. The highest BCUT2D eigenvalue weighted by molar-refractivity contribution is 5.84. The Morgan fingerprint density at radius 3 is 2.70 bits per heavy atom. The van der Waals surface area contributed by atoms with Crippen LogP contribution in [0.2, 0.25) is 0 Å². The van der Waals surface area contributed by atoms with Gasteiger partial charge in [0.1, 0.15) is 0 Å². The molecule has 8 rings (SSSR count). The van der Waals surface area contributed by atoms with E-state index in [0.717, 1.165) is 37.0 Å². The Labute approximate surface area is 252 Å². The Hall–Kier alpha value is -5.06. The van der Waals surface area contributed by atoms with E-state index in [1.165, 1.54) is 44.0 Å². The molecule has 208 valence electrons. The van der Waals surface area contributed by atoms with E-state index in [0.29, 0.717) is 5.57 Å². The minimum Gasteiger partial charge on any atom is -0.337 e. The quantitative estimate of drug-likeness (QED) is 0.350. The lowest BCUT2D eigenvalue weighted by Gasteiger charge is -2.37. The van der Waals surface area contributed by atoms with Gasteiger partial charge >= 0.3 is 0 Å². The molecule has 1 aromatic heterocycles. The van der Waals surface area contributed by atoms with Crippen molar-refractivity contribution in [1.82, 2.24) is 9.47 Å². The van der Waals surface area contributed by atoms with Gasteiger partial charge in [-0.3, -0.25) is 0 Å². The molecule has 4 heteroatoms. The van der Waals surface area contributed by atoms with Crippen molar-refractivity contribution in [2.24, 2.45) is 11.8 Å². The summed E-state index contributed by atoms with van der Waals surface area (Å²) in [7, 11) is 0. The molecule has 2 aromatic carbocycles. The Bertz CT molecular complexity index is 2100. The molecule has 4 atom stereocenters. The van der Waals surface area contributed by atoms with Crippen molar-refractivity contribution < 1.29 is 0 Å². The summed E-state index contributed by atoms with van der Waals surface area (Å²) in [6.45, 7) is 2.19. The molecule has 0 saturated heterocycles. The normalized spacial score (nSPS) is 25.4. The molecule has 0 spiro atoms. The van der Waals surface area contributed by atoms with Crippen LogP contribution in [-0.4, -0.2) is 15.5 Å². The van der Waals surface area contributed by atoms with Gasteiger partial charge in [-0.05, 0) is 73.1 Å². The number of allylic oxidation sites excluding steroid dienone is 8. The third-order valence-corrected chi connectivity index (χ3v) is 9.62. The molecular formula is C39H32N4. The molecule has 1 aliphatic heterocycles. The van der Waals surface area contributed by atoms with E-state index in [1.54, 1.807) is 0 Å². The van der Waals surface area contributed by atoms with Gasteiger partial charge in [-0.2, -0.15) is 10.5 Å². The number of rotatable bonds is 3. The molecule has 43 heavy (non-hydrogen) atoms. The van der Waals surface area contributed by atoms with Crippen LogP contribution >= 0.6 is 0 Å². The smallest absolute Gasteiger partial charge is 0.0988 e. The van der Waals surface area contributed by atoms with E-state index in [-0.39, 0.29) is 23.8 Å². The fourth-order valence-corrected chi connectivity index (χ4v) is 7.87. The number of aromatic nitrogens is 1. The van der Waals surface area contributed by atoms with Crippen molar-refractivity contribution in [1.29, 1.82) is 10.5 Å². The number of para-hydroxylation sites is 1. The fraction of sp³-hybridized carbons (Fsp3) is 0.231. The van der Waals surface area contributed by atoms with Gasteiger partial charge in [0.15, 0.2) is 0 Å². The second kappa shape index (κ2) is 10.0. The summed E-state index contributed by atoms with van der Waals surface area (Å²) in [5.74, 6) is 0.542. The van der Waals surface area contributed by atoms with Crippen LogP contribution in [0.5, 0.6) is 0 Å². The number of benzene rings is 2. The Morgan fingerprint density at radius 1 is 0.930 bits per heavy atom. The molecule has 0 fully saturated rings. The molecule has 4 nitrogen and oxygen atoms in total. The number of hydrogen-bond acceptors (Lipinski definition) is 3. The molecule has 0 N–H and O–H groups in total. The molecule has 0 radical (unpaired) electrons. The Balaban J connectivity index is 1.30. The van der Waals surface area contributed by atoms with Gasteiger partial charge in [0.05, 0.1) is 23.7 Å². The molecule has 3 aromatic rings. The van der Waals surface area contributed by atoms with Crippen molar-refractivity contribution in [3.63, 3.8) is 0 Å². The number of nitriles is 2. The topological polar surface area (TPSA) is 55.8 Å². The van der Waals surface area contributed by atoms with Gasteiger partial charge in [0.25, 0.3) is 0 Å². The first-order valence-corrected chi connectivity index (χ1v) is 15.4. The lowest BCUT2D eigenvalue weighted by Crippen LogP contribution is -2.34. The van der Waals surface area contributed by atoms with Gasteiger partial charge in [0, 0.05) is 56.0 Å². The van der Waals surface area contributed by atoms with E-state index in [1.807, 2.05) is 6.08 Å². The van der Waals surface area contributed by atoms with Gasteiger partial charge in [-0.25, -0.2) is 0 Å². The first-order chi connectivity index (χ1) is 21.1. The van der Waals surface area contributed by atoms with Crippen LogP contribution in [0.15, 0.2) is 119 Å². The summed E-state index contributed by atoms with van der Waals surface area (Å²) in [6, 6.07) is 22.7. The molecule has 0 bridgehead atoms. The van der Waals surface area contributed by atoms with Crippen LogP contribution in [0.3, 0.4) is 0 Å². The molecule has 4 unspecified atom stereocenters. The molecular weight excluding hydrogens is 524 g/mol. The first-order valence-electron chi connectivity index (χ1n) is 15.4. The SMILES string of the molecule is CC1C=C(N2C3=C(C=CCC3c3cccc(-n4c5c(c6ccccc64)=CCCC=5)c3)C3C=C(C#N)C=CC32)C=C(C#N)C1. The summed E-state index contributed by atoms with van der Waals surface area (Å²) >= 11 is 0. The minimum atomic E-state index is 0.0776.